The van der Waals surface area contributed by atoms with Gasteiger partial charge in [-0.1, -0.05) is 36.4 Å². The molecule has 0 aliphatic rings. The van der Waals surface area contributed by atoms with Gasteiger partial charge in [0.05, 0.1) is 0 Å². The maximum atomic E-state index is 2.29. The zero-order chi connectivity index (χ0) is 12.3. The normalized spacial score (nSPS) is 10.3. The van der Waals surface area contributed by atoms with E-state index < -0.39 is 0 Å². The van der Waals surface area contributed by atoms with Crippen LogP contribution in [0.25, 0.3) is 0 Å². The molecular formula is C16H19N. The van der Waals surface area contributed by atoms with Crippen LogP contribution in [0.5, 0.6) is 0 Å². The van der Waals surface area contributed by atoms with Crippen LogP contribution >= 0.6 is 0 Å². The third-order valence-electron chi connectivity index (χ3n) is 3.11. The second-order valence-corrected chi connectivity index (χ2v) is 4.62. The van der Waals surface area contributed by atoms with Gasteiger partial charge < -0.3 is 4.90 Å². The molecule has 2 aromatic carbocycles. The lowest BCUT2D eigenvalue weighted by atomic mass is 10.1. The molecule has 0 amide bonds. The van der Waals surface area contributed by atoms with Gasteiger partial charge >= 0.3 is 0 Å². The standard InChI is InChI=1S/C16H19N/c1-13-7-6-10-16(11-13)17(3)12-15-9-5-4-8-14(15)2/h4-11H,12H2,1-3H3. The Kier molecular flexibility index (Phi) is 3.48. The van der Waals surface area contributed by atoms with Crippen LogP contribution in [-0.2, 0) is 6.54 Å². The minimum atomic E-state index is 0.954. The minimum absolute atomic E-state index is 0.954. The van der Waals surface area contributed by atoms with Crippen molar-refractivity contribution in [3.8, 4) is 0 Å². The van der Waals surface area contributed by atoms with E-state index in [0.29, 0.717) is 0 Å². The molecule has 0 aliphatic heterocycles. The number of nitrogens with zero attached hydrogens (tertiary/aromatic N) is 1. The monoisotopic (exact) mass is 225 g/mol. The average molecular weight is 225 g/mol. The first-order valence-electron chi connectivity index (χ1n) is 5.99. The van der Waals surface area contributed by atoms with Crippen LogP contribution in [0.1, 0.15) is 16.7 Å². The molecule has 0 bridgehead atoms. The molecule has 0 radical (unpaired) electrons. The zero-order valence-electron chi connectivity index (χ0n) is 10.8. The maximum Gasteiger partial charge on any atom is 0.0428 e. The molecule has 2 rings (SSSR count). The zero-order valence-corrected chi connectivity index (χ0v) is 10.8. The van der Waals surface area contributed by atoms with Crippen molar-refractivity contribution in [3.05, 3.63) is 65.2 Å². The Morgan fingerprint density at radius 2 is 1.71 bits per heavy atom. The maximum absolute atomic E-state index is 2.29. The summed E-state index contributed by atoms with van der Waals surface area (Å²) in [5.41, 5.74) is 5.32. The molecular weight excluding hydrogens is 206 g/mol. The molecule has 1 heteroatoms. The van der Waals surface area contributed by atoms with Gasteiger partial charge in [0, 0.05) is 19.3 Å². The summed E-state index contributed by atoms with van der Waals surface area (Å²) in [4.78, 5) is 2.29. The second kappa shape index (κ2) is 5.05. The van der Waals surface area contributed by atoms with Crippen LogP contribution < -0.4 is 4.90 Å². The fourth-order valence-corrected chi connectivity index (χ4v) is 2.00. The van der Waals surface area contributed by atoms with Gasteiger partial charge in [0.25, 0.3) is 0 Å². The lowest BCUT2D eigenvalue weighted by Crippen LogP contribution is -2.16. The lowest BCUT2D eigenvalue weighted by molar-refractivity contribution is 0.913. The summed E-state index contributed by atoms with van der Waals surface area (Å²) >= 11 is 0. The van der Waals surface area contributed by atoms with Crippen LogP contribution in [0.2, 0.25) is 0 Å². The van der Waals surface area contributed by atoms with E-state index in [9.17, 15) is 0 Å². The summed E-state index contributed by atoms with van der Waals surface area (Å²) < 4.78 is 0. The Morgan fingerprint density at radius 3 is 2.41 bits per heavy atom. The molecule has 0 aliphatic carbocycles. The van der Waals surface area contributed by atoms with Gasteiger partial charge in [0.1, 0.15) is 0 Å². The predicted molar refractivity (Wildman–Crippen MR) is 74.5 cm³/mol. The Balaban J connectivity index is 2.17. The summed E-state index contributed by atoms with van der Waals surface area (Å²) in [6.45, 7) is 5.25. The Bertz CT molecular complexity index is 502. The predicted octanol–water partition coefficient (Wildman–Crippen LogP) is 3.94. The first-order valence-corrected chi connectivity index (χ1v) is 5.99. The highest BCUT2D eigenvalue weighted by Gasteiger charge is 2.03. The van der Waals surface area contributed by atoms with Crippen molar-refractivity contribution in [2.45, 2.75) is 20.4 Å². The van der Waals surface area contributed by atoms with E-state index in [-0.39, 0.29) is 0 Å². The van der Waals surface area contributed by atoms with Crippen molar-refractivity contribution < 1.29 is 0 Å². The third-order valence-corrected chi connectivity index (χ3v) is 3.11. The molecule has 17 heavy (non-hydrogen) atoms. The van der Waals surface area contributed by atoms with Gasteiger partial charge in [0.2, 0.25) is 0 Å². The van der Waals surface area contributed by atoms with Crippen LogP contribution in [-0.4, -0.2) is 7.05 Å². The van der Waals surface area contributed by atoms with Crippen molar-refractivity contribution >= 4 is 5.69 Å². The third kappa shape index (κ3) is 2.88. The summed E-state index contributed by atoms with van der Waals surface area (Å²) in [6, 6.07) is 17.2. The Morgan fingerprint density at radius 1 is 0.941 bits per heavy atom. The fourth-order valence-electron chi connectivity index (χ4n) is 2.00. The number of aryl methyl sites for hydroxylation is 2. The molecule has 0 spiro atoms. The van der Waals surface area contributed by atoms with Gasteiger partial charge in [-0.15, -0.1) is 0 Å². The highest BCUT2D eigenvalue weighted by Crippen LogP contribution is 2.18. The molecule has 2 aromatic rings. The molecule has 0 fully saturated rings. The fraction of sp³-hybridized carbons (Fsp3) is 0.250. The number of rotatable bonds is 3. The number of hydrogen-bond donors (Lipinski definition) is 0. The summed E-state index contributed by atoms with van der Waals surface area (Å²) in [7, 11) is 2.14. The molecule has 0 unspecified atom stereocenters. The van der Waals surface area contributed by atoms with E-state index >= 15 is 0 Å². The molecule has 0 atom stereocenters. The molecule has 1 nitrogen and oxygen atoms in total. The van der Waals surface area contributed by atoms with Crippen LogP contribution in [0.3, 0.4) is 0 Å². The summed E-state index contributed by atoms with van der Waals surface area (Å²) in [5, 5.41) is 0. The smallest absolute Gasteiger partial charge is 0.0428 e. The molecule has 0 heterocycles. The highest BCUT2D eigenvalue weighted by atomic mass is 15.1. The van der Waals surface area contributed by atoms with Crippen molar-refractivity contribution in [1.29, 1.82) is 0 Å². The van der Waals surface area contributed by atoms with Gasteiger partial charge in [0.15, 0.2) is 0 Å². The SMILES string of the molecule is Cc1cccc(N(C)Cc2ccccc2C)c1. The van der Waals surface area contributed by atoms with E-state index in [0.717, 1.165) is 6.54 Å². The minimum Gasteiger partial charge on any atom is -0.370 e. The molecule has 0 saturated carbocycles. The van der Waals surface area contributed by atoms with E-state index in [2.05, 4.69) is 74.3 Å². The van der Waals surface area contributed by atoms with Crippen LogP contribution in [0.4, 0.5) is 5.69 Å². The number of hydrogen-bond acceptors (Lipinski definition) is 1. The van der Waals surface area contributed by atoms with Crippen molar-refractivity contribution in [2.24, 2.45) is 0 Å². The average Bonchev–Trinajstić information content (AvgIpc) is 2.32. The first-order chi connectivity index (χ1) is 8.16. The van der Waals surface area contributed by atoms with E-state index in [1.165, 1.54) is 22.4 Å². The largest absolute Gasteiger partial charge is 0.370 e. The van der Waals surface area contributed by atoms with Gasteiger partial charge in [-0.25, -0.2) is 0 Å². The Labute approximate surface area is 104 Å². The summed E-state index contributed by atoms with van der Waals surface area (Å²) in [5.74, 6) is 0. The first kappa shape index (κ1) is 11.7. The molecule has 0 N–H and O–H groups in total. The topological polar surface area (TPSA) is 3.24 Å². The van der Waals surface area contributed by atoms with E-state index in [1.807, 2.05) is 0 Å². The van der Waals surface area contributed by atoms with Gasteiger partial charge in [-0.3, -0.25) is 0 Å². The molecule has 0 aromatic heterocycles. The van der Waals surface area contributed by atoms with Crippen LogP contribution in [0, 0.1) is 13.8 Å². The number of anilines is 1. The molecule has 0 saturated heterocycles. The van der Waals surface area contributed by atoms with Gasteiger partial charge in [-0.2, -0.15) is 0 Å². The van der Waals surface area contributed by atoms with Crippen molar-refractivity contribution in [1.82, 2.24) is 0 Å². The summed E-state index contributed by atoms with van der Waals surface area (Å²) in [6.07, 6.45) is 0. The van der Waals surface area contributed by atoms with E-state index in [1.54, 1.807) is 0 Å². The molecule has 88 valence electrons. The lowest BCUT2D eigenvalue weighted by Gasteiger charge is -2.21. The highest BCUT2D eigenvalue weighted by molar-refractivity contribution is 5.48. The van der Waals surface area contributed by atoms with Crippen molar-refractivity contribution in [3.63, 3.8) is 0 Å². The van der Waals surface area contributed by atoms with Crippen molar-refractivity contribution in [2.75, 3.05) is 11.9 Å². The number of benzene rings is 2. The van der Waals surface area contributed by atoms with Crippen LogP contribution in [0.15, 0.2) is 48.5 Å². The second-order valence-electron chi connectivity index (χ2n) is 4.62. The van der Waals surface area contributed by atoms with Gasteiger partial charge in [-0.05, 0) is 42.7 Å². The quantitative estimate of drug-likeness (QED) is 0.764. The Hall–Kier alpha value is -1.76. The van der Waals surface area contributed by atoms with E-state index in [4.69, 9.17) is 0 Å².